The van der Waals surface area contributed by atoms with Gasteiger partial charge < -0.3 is 15.4 Å². The lowest BCUT2D eigenvalue weighted by molar-refractivity contribution is -0.161. The summed E-state index contributed by atoms with van der Waals surface area (Å²) >= 11 is 0. The van der Waals surface area contributed by atoms with Gasteiger partial charge in [0, 0.05) is 26.7 Å². The number of likely N-dealkylation sites (N-methyl/N-ethyl adjacent to an activating group) is 1. The van der Waals surface area contributed by atoms with E-state index in [1.165, 1.54) is 12.1 Å². The molecule has 0 unspecified atom stereocenters. The van der Waals surface area contributed by atoms with Crippen LogP contribution in [0.25, 0.3) is 0 Å². The monoisotopic (exact) mass is 489 g/mol. The van der Waals surface area contributed by atoms with Crippen LogP contribution in [-0.4, -0.2) is 69.9 Å². The van der Waals surface area contributed by atoms with Gasteiger partial charge in [-0.25, -0.2) is 13.5 Å². The lowest BCUT2D eigenvalue weighted by Gasteiger charge is -2.21. The topological polar surface area (TPSA) is 132 Å². The number of hydrogen-bond acceptors (Lipinski definition) is 8. The fourth-order valence-corrected chi connectivity index (χ4v) is 4.55. The number of rotatable bonds is 11. The molecule has 0 saturated heterocycles. The molecule has 0 aliphatic carbocycles. The summed E-state index contributed by atoms with van der Waals surface area (Å²) in [7, 11) is -2.78. The molecule has 0 bridgehead atoms. The number of guanidine groups is 1. The molecular formula is C23H31N5O5S. The van der Waals surface area contributed by atoms with E-state index in [-0.39, 0.29) is 11.3 Å². The Morgan fingerprint density at radius 3 is 2.59 bits per heavy atom. The Labute approximate surface area is 200 Å². The Morgan fingerprint density at radius 1 is 1.21 bits per heavy atom. The second-order valence-corrected chi connectivity index (χ2v) is 9.55. The van der Waals surface area contributed by atoms with Gasteiger partial charge in [-0.1, -0.05) is 30.3 Å². The van der Waals surface area contributed by atoms with E-state index in [0.717, 1.165) is 45.5 Å². The minimum atomic E-state index is -3.94. The first-order valence-electron chi connectivity index (χ1n) is 11.1. The van der Waals surface area contributed by atoms with Crippen molar-refractivity contribution in [1.29, 1.82) is 0 Å². The Kier molecular flexibility index (Phi) is 9.25. The van der Waals surface area contributed by atoms with Gasteiger partial charge in [0.05, 0.1) is 11.5 Å². The zero-order valence-electron chi connectivity index (χ0n) is 19.1. The normalized spacial score (nSPS) is 14.5. The SMILES string of the molecule is CN(O)C(=O)[C@H](Cc1ccc(OCCCNC2=NCCCN2)cc1)NS(=O)(=O)c1ccccc1. The first-order valence-corrected chi connectivity index (χ1v) is 12.6. The quantitative estimate of drug-likeness (QED) is 0.211. The van der Waals surface area contributed by atoms with Gasteiger partial charge in [0.15, 0.2) is 5.96 Å². The van der Waals surface area contributed by atoms with E-state index in [1.807, 2.05) is 0 Å². The van der Waals surface area contributed by atoms with Crippen LogP contribution in [0.3, 0.4) is 0 Å². The molecule has 1 heterocycles. The number of ether oxygens (including phenoxy) is 1. The molecule has 11 heteroatoms. The van der Waals surface area contributed by atoms with Gasteiger partial charge in [0.25, 0.3) is 5.91 Å². The summed E-state index contributed by atoms with van der Waals surface area (Å²) in [5, 5.41) is 16.4. The van der Waals surface area contributed by atoms with Crippen LogP contribution in [0.2, 0.25) is 0 Å². The number of hydrogen-bond donors (Lipinski definition) is 4. The zero-order chi connectivity index (χ0) is 24.4. The number of nitrogens with one attached hydrogen (secondary N) is 3. The Balaban J connectivity index is 1.53. The highest BCUT2D eigenvalue weighted by atomic mass is 32.2. The lowest BCUT2D eigenvalue weighted by atomic mass is 10.1. The number of hydroxylamine groups is 2. The third kappa shape index (κ3) is 7.72. The maximum absolute atomic E-state index is 12.7. The third-order valence-electron chi connectivity index (χ3n) is 5.11. The number of benzene rings is 2. The second kappa shape index (κ2) is 12.4. The van der Waals surface area contributed by atoms with Crippen LogP contribution in [0.4, 0.5) is 0 Å². The second-order valence-electron chi connectivity index (χ2n) is 7.84. The van der Waals surface area contributed by atoms with Crippen molar-refractivity contribution in [2.75, 3.05) is 33.3 Å². The summed E-state index contributed by atoms with van der Waals surface area (Å²) in [6, 6.07) is 13.7. The first-order chi connectivity index (χ1) is 16.3. The number of amides is 1. The van der Waals surface area contributed by atoms with E-state index in [2.05, 4.69) is 20.3 Å². The molecule has 2 aromatic rings. The predicted octanol–water partition coefficient (Wildman–Crippen LogP) is 1.13. The van der Waals surface area contributed by atoms with Gasteiger partial charge in [-0.05, 0) is 49.1 Å². The van der Waals surface area contributed by atoms with Crippen molar-refractivity contribution in [3.05, 3.63) is 60.2 Å². The summed E-state index contributed by atoms with van der Waals surface area (Å²) in [4.78, 5) is 16.8. The smallest absolute Gasteiger partial charge is 0.264 e. The van der Waals surface area contributed by atoms with Gasteiger partial charge in [-0.2, -0.15) is 4.72 Å². The maximum atomic E-state index is 12.7. The fraction of sp³-hybridized carbons (Fsp3) is 0.391. The van der Waals surface area contributed by atoms with Gasteiger partial charge in [-0.15, -0.1) is 0 Å². The van der Waals surface area contributed by atoms with Gasteiger partial charge in [-0.3, -0.25) is 15.0 Å². The van der Waals surface area contributed by atoms with E-state index in [4.69, 9.17) is 4.74 Å². The van der Waals surface area contributed by atoms with E-state index in [1.54, 1.807) is 42.5 Å². The van der Waals surface area contributed by atoms with E-state index >= 15 is 0 Å². The molecule has 0 spiro atoms. The molecule has 0 radical (unpaired) electrons. The van der Waals surface area contributed by atoms with Crippen LogP contribution in [0.5, 0.6) is 5.75 Å². The number of aliphatic imine (C=N–C) groups is 1. The molecule has 2 aromatic carbocycles. The van der Waals surface area contributed by atoms with E-state index in [0.29, 0.717) is 23.0 Å². The molecular weight excluding hydrogens is 458 g/mol. The van der Waals surface area contributed by atoms with E-state index in [9.17, 15) is 18.4 Å². The summed E-state index contributed by atoms with van der Waals surface area (Å²) in [6.45, 7) is 3.03. The highest BCUT2D eigenvalue weighted by molar-refractivity contribution is 7.89. The number of carbonyl (C=O) groups excluding carboxylic acids is 1. The summed E-state index contributed by atoms with van der Waals surface area (Å²) in [5.74, 6) is 0.740. The molecule has 0 fully saturated rings. The number of carbonyl (C=O) groups is 1. The molecule has 4 N–H and O–H groups in total. The maximum Gasteiger partial charge on any atom is 0.264 e. The van der Waals surface area contributed by atoms with Gasteiger partial charge in [0.1, 0.15) is 11.8 Å². The van der Waals surface area contributed by atoms with Crippen molar-refractivity contribution in [2.24, 2.45) is 4.99 Å². The number of sulfonamides is 1. The van der Waals surface area contributed by atoms with Gasteiger partial charge in [0.2, 0.25) is 10.0 Å². The molecule has 0 aromatic heterocycles. The summed E-state index contributed by atoms with van der Waals surface area (Å²) in [5.41, 5.74) is 0.714. The van der Waals surface area contributed by atoms with Crippen LogP contribution in [0.1, 0.15) is 18.4 Å². The highest BCUT2D eigenvalue weighted by Crippen LogP contribution is 2.16. The van der Waals surface area contributed by atoms with E-state index < -0.39 is 22.0 Å². The average molecular weight is 490 g/mol. The Bertz CT molecular complexity index is 1060. The van der Waals surface area contributed by atoms with Crippen molar-refractivity contribution in [3.63, 3.8) is 0 Å². The molecule has 34 heavy (non-hydrogen) atoms. The van der Waals surface area contributed by atoms with Crippen LogP contribution < -0.4 is 20.1 Å². The molecule has 10 nitrogen and oxygen atoms in total. The van der Waals surface area contributed by atoms with Crippen LogP contribution in [0.15, 0.2) is 64.5 Å². The van der Waals surface area contributed by atoms with Crippen LogP contribution in [-0.2, 0) is 21.2 Å². The molecule has 0 saturated carbocycles. The van der Waals surface area contributed by atoms with Crippen LogP contribution >= 0.6 is 0 Å². The minimum absolute atomic E-state index is 0.0398. The van der Waals surface area contributed by atoms with Gasteiger partial charge >= 0.3 is 0 Å². The highest BCUT2D eigenvalue weighted by Gasteiger charge is 2.28. The predicted molar refractivity (Wildman–Crippen MR) is 128 cm³/mol. The molecule has 1 amide bonds. The first kappa shape index (κ1) is 25.5. The molecule has 1 aliphatic rings. The third-order valence-corrected chi connectivity index (χ3v) is 6.60. The Hall–Kier alpha value is -3.15. The minimum Gasteiger partial charge on any atom is -0.494 e. The molecule has 184 valence electrons. The van der Waals surface area contributed by atoms with Crippen molar-refractivity contribution >= 4 is 21.9 Å². The number of nitrogens with zero attached hydrogens (tertiary/aromatic N) is 2. The largest absolute Gasteiger partial charge is 0.494 e. The summed E-state index contributed by atoms with van der Waals surface area (Å²) < 4.78 is 33.5. The molecule has 1 aliphatic heterocycles. The van der Waals surface area contributed by atoms with Crippen LogP contribution in [0, 0.1) is 0 Å². The van der Waals surface area contributed by atoms with Crippen molar-refractivity contribution in [2.45, 2.75) is 30.2 Å². The van der Waals surface area contributed by atoms with Crippen molar-refractivity contribution in [3.8, 4) is 5.75 Å². The van der Waals surface area contributed by atoms with Crippen molar-refractivity contribution in [1.82, 2.24) is 20.4 Å². The Morgan fingerprint density at radius 2 is 1.94 bits per heavy atom. The molecule has 3 rings (SSSR count). The lowest BCUT2D eigenvalue weighted by Crippen LogP contribution is -2.47. The zero-order valence-corrected chi connectivity index (χ0v) is 19.9. The standard InChI is InChI=1S/C23H31N5O5S/c1-28(30)22(29)21(27-34(31,32)20-7-3-2-4-8-20)17-18-9-11-19(12-10-18)33-16-6-15-26-23-24-13-5-14-25-23/h2-4,7-12,21,27,30H,5-6,13-17H2,1H3,(H2,24,25,26)/t21-/m0/s1. The molecule has 1 atom stereocenters. The summed E-state index contributed by atoms with van der Waals surface area (Å²) in [6.07, 6.45) is 1.91. The average Bonchev–Trinajstić information content (AvgIpc) is 2.85. The fourth-order valence-electron chi connectivity index (χ4n) is 3.34. The van der Waals surface area contributed by atoms with Crippen molar-refractivity contribution < 1.29 is 23.2 Å².